The number of rotatable bonds is 5. The number of aryl methyl sites for hydroxylation is 2. The van der Waals surface area contributed by atoms with Crippen LogP contribution < -0.4 is 4.74 Å². The van der Waals surface area contributed by atoms with Gasteiger partial charge >= 0.3 is 5.97 Å². The molecular weight excluding hydrogens is 260 g/mol. The summed E-state index contributed by atoms with van der Waals surface area (Å²) in [7, 11) is 0. The standard InChI is InChI=1S/C15H16O3S/c1-11-9-10-19-14(11)7-4-8-15(17)18-13-6-3-2-5-12(13)16/h2-3,5-6,9-10,16H,4,7-8H2,1H3. The quantitative estimate of drug-likeness (QED) is 0.669. The van der Waals surface area contributed by atoms with Crippen molar-refractivity contribution in [3.63, 3.8) is 0 Å². The van der Waals surface area contributed by atoms with Gasteiger partial charge < -0.3 is 9.84 Å². The molecule has 0 spiro atoms. The first kappa shape index (κ1) is 13.6. The third kappa shape index (κ3) is 3.83. The highest BCUT2D eigenvalue weighted by Crippen LogP contribution is 2.25. The van der Waals surface area contributed by atoms with Crippen LogP contribution in [0.5, 0.6) is 11.5 Å². The monoisotopic (exact) mass is 276 g/mol. The van der Waals surface area contributed by atoms with Gasteiger partial charge in [-0.3, -0.25) is 4.79 Å². The second-order valence-corrected chi connectivity index (χ2v) is 5.32. The maximum atomic E-state index is 11.6. The number of phenols is 1. The number of aromatic hydroxyl groups is 1. The van der Waals surface area contributed by atoms with E-state index in [1.54, 1.807) is 29.5 Å². The molecule has 1 aromatic carbocycles. The van der Waals surface area contributed by atoms with Crippen LogP contribution in [0.25, 0.3) is 0 Å². The van der Waals surface area contributed by atoms with Crippen LogP contribution in [0, 0.1) is 6.92 Å². The number of carbonyl (C=O) groups is 1. The molecule has 0 unspecified atom stereocenters. The second-order valence-electron chi connectivity index (χ2n) is 4.32. The van der Waals surface area contributed by atoms with Gasteiger partial charge in [0.25, 0.3) is 0 Å². The average Bonchev–Trinajstić information content (AvgIpc) is 2.78. The van der Waals surface area contributed by atoms with Crippen LogP contribution in [0.1, 0.15) is 23.3 Å². The zero-order valence-corrected chi connectivity index (χ0v) is 11.6. The molecule has 2 aromatic rings. The molecule has 100 valence electrons. The summed E-state index contributed by atoms with van der Waals surface area (Å²) >= 11 is 1.72. The van der Waals surface area contributed by atoms with Crippen molar-refractivity contribution in [3.05, 3.63) is 46.2 Å². The fourth-order valence-electron chi connectivity index (χ4n) is 1.77. The van der Waals surface area contributed by atoms with Crippen LogP contribution >= 0.6 is 11.3 Å². The van der Waals surface area contributed by atoms with Crippen molar-refractivity contribution in [2.24, 2.45) is 0 Å². The minimum absolute atomic E-state index is 0.00930. The minimum atomic E-state index is -0.310. The van der Waals surface area contributed by atoms with Crippen molar-refractivity contribution in [3.8, 4) is 11.5 Å². The van der Waals surface area contributed by atoms with Gasteiger partial charge in [-0.25, -0.2) is 0 Å². The van der Waals surface area contributed by atoms with Gasteiger partial charge in [-0.1, -0.05) is 12.1 Å². The number of benzene rings is 1. The van der Waals surface area contributed by atoms with Crippen LogP contribution in [-0.4, -0.2) is 11.1 Å². The molecule has 0 aliphatic rings. The first-order chi connectivity index (χ1) is 9.16. The Morgan fingerprint density at radius 1 is 1.32 bits per heavy atom. The number of carbonyl (C=O) groups excluding carboxylic acids is 1. The fourth-order valence-corrected chi connectivity index (χ4v) is 2.72. The topological polar surface area (TPSA) is 46.5 Å². The Morgan fingerprint density at radius 3 is 2.79 bits per heavy atom. The van der Waals surface area contributed by atoms with E-state index in [4.69, 9.17) is 4.74 Å². The van der Waals surface area contributed by atoms with Crippen molar-refractivity contribution in [2.75, 3.05) is 0 Å². The number of hydrogen-bond donors (Lipinski definition) is 1. The molecule has 0 atom stereocenters. The van der Waals surface area contributed by atoms with Gasteiger partial charge in [0, 0.05) is 11.3 Å². The normalized spacial score (nSPS) is 10.4. The molecule has 1 N–H and O–H groups in total. The van der Waals surface area contributed by atoms with Gasteiger partial charge in [0.05, 0.1) is 0 Å². The molecule has 3 nitrogen and oxygen atoms in total. The maximum absolute atomic E-state index is 11.6. The molecular formula is C15H16O3S. The highest BCUT2D eigenvalue weighted by molar-refractivity contribution is 7.10. The number of thiophene rings is 1. The Labute approximate surface area is 116 Å². The maximum Gasteiger partial charge on any atom is 0.311 e. The Balaban J connectivity index is 1.79. The van der Waals surface area contributed by atoms with Crippen LogP contribution in [0.4, 0.5) is 0 Å². The highest BCUT2D eigenvalue weighted by Gasteiger charge is 2.08. The molecule has 0 amide bonds. The lowest BCUT2D eigenvalue weighted by atomic mass is 10.1. The lowest BCUT2D eigenvalue weighted by molar-refractivity contribution is -0.134. The summed E-state index contributed by atoms with van der Waals surface area (Å²) in [6, 6.07) is 8.57. The molecule has 1 aromatic heterocycles. The Bertz CT molecular complexity index is 560. The predicted octanol–water partition coefficient (Wildman–Crippen LogP) is 3.69. The minimum Gasteiger partial charge on any atom is -0.504 e. The summed E-state index contributed by atoms with van der Waals surface area (Å²) in [5.74, 6) is -0.0968. The molecule has 1 heterocycles. The number of ether oxygens (including phenoxy) is 1. The number of hydrogen-bond acceptors (Lipinski definition) is 4. The molecule has 0 aliphatic heterocycles. The fraction of sp³-hybridized carbons (Fsp3) is 0.267. The van der Waals surface area contributed by atoms with Crippen molar-refractivity contribution in [1.82, 2.24) is 0 Å². The average molecular weight is 276 g/mol. The van der Waals surface area contributed by atoms with E-state index in [9.17, 15) is 9.90 Å². The van der Waals surface area contributed by atoms with Crippen molar-refractivity contribution < 1.29 is 14.6 Å². The van der Waals surface area contributed by atoms with Gasteiger partial charge in [-0.2, -0.15) is 0 Å². The molecule has 0 radical (unpaired) electrons. The lowest BCUT2D eigenvalue weighted by Crippen LogP contribution is -2.08. The van der Waals surface area contributed by atoms with Crippen molar-refractivity contribution in [1.29, 1.82) is 0 Å². The van der Waals surface area contributed by atoms with E-state index < -0.39 is 0 Å². The summed E-state index contributed by atoms with van der Waals surface area (Å²) in [6.07, 6.45) is 2.00. The zero-order valence-electron chi connectivity index (χ0n) is 10.8. The first-order valence-electron chi connectivity index (χ1n) is 6.18. The summed E-state index contributed by atoms with van der Waals surface area (Å²) in [5, 5.41) is 11.6. The number of para-hydroxylation sites is 2. The molecule has 0 bridgehead atoms. The zero-order chi connectivity index (χ0) is 13.7. The molecule has 0 saturated heterocycles. The van der Waals surface area contributed by atoms with E-state index in [0.717, 1.165) is 12.8 Å². The van der Waals surface area contributed by atoms with E-state index in [2.05, 4.69) is 18.4 Å². The van der Waals surface area contributed by atoms with Gasteiger partial charge in [0.1, 0.15) is 0 Å². The Hall–Kier alpha value is -1.81. The number of phenolic OH excluding ortho intramolecular Hbond substituents is 1. The largest absolute Gasteiger partial charge is 0.504 e. The van der Waals surface area contributed by atoms with Gasteiger partial charge in [0.15, 0.2) is 11.5 Å². The summed E-state index contributed by atoms with van der Waals surface area (Å²) < 4.78 is 5.11. The molecule has 0 aliphatic carbocycles. The Kier molecular flexibility index (Phi) is 4.58. The molecule has 0 saturated carbocycles. The van der Waals surface area contributed by atoms with Gasteiger partial charge in [0.2, 0.25) is 0 Å². The van der Waals surface area contributed by atoms with Crippen molar-refractivity contribution >= 4 is 17.3 Å². The third-order valence-electron chi connectivity index (χ3n) is 2.84. The third-order valence-corrected chi connectivity index (χ3v) is 3.92. The first-order valence-corrected chi connectivity index (χ1v) is 7.06. The summed E-state index contributed by atoms with van der Waals surface area (Å²) in [4.78, 5) is 13.0. The van der Waals surface area contributed by atoms with E-state index >= 15 is 0 Å². The Morgan fingerprint density at radius 2 is 2.11 bits per heavy atom. The summed E-state index contributed by atoms with van der Waals surface area (Å²) in [5.41, 5.74) is 1.28. The smallest absolute Gasteiger partial charge is 0.311 e. The molecule has 4 heteroatoms. The molecule has 0 fully saturated rings. The lowest BCUT2D eigenvalue weighted by Gasteiger charge is -2.05. The number of esters is 1. The van der Waals surface area contributed by atoms with Crippen LogP contribution in [0.3, 0.4) is 0 Å². The van der Waals surface area contributed by atoms with E-state index in [1.807, 2.05) is 0 Å². The molecule has 2 rings (SSSR count). The van der Waals surface area contributed by atoms with E-state index in [1.165, 1.54) is 16.5 Å². The SMILES string of the molecule is Cc1ccsc1CCCC(=O)Oc1ccccc1O. The predicted molar refractivity (Wildman–Crippen MR) is 75.7 cm³/mol. The van der Waals surface area contributed by atoms with Gasteiger partial charge in [-0.05, 0) is 48.9 Å². The van der Waals surface area contributed by atoms with Crippen LogP contribution in [-0.2, 0) is 11.2 Å². The van der Waals surface area contributed by atoms with Crippen molar-refractivity contribution in [2.45, 2.75) is 26.2 Å². The van der Waals surface area contributed by atoms with Gasteiger partial charge in [-0.15, -0.1) is 11.3 Å². The summed E-state index contributed by atoms with van der Waals surface area (Å²) in [6.45, 7) is 2.08. The van der Waals surface area contributed by atoms with E-state index in [0.29, 0.717) is 6.42 Å². The second kappa shape index (κ2) is 6.38. The van der Waals surface area contributed by atoms with Crippen LogP contribution in [0.2, 0.25) is 0 Å². The van der Waals surface area contributed by atoms with E-state index in [-0.39, 0.29) is 17.5 Å². The molecule has 19 heavy (non-hydrogen) atoms. The van der Waals surface area contributed by atoms with Crippen LogP contribution in [0.15, 0.2) is 35.7 Å². The highest BCUT2D eigenvalue weighted by atomic mass is 32.1.